The minimum Gasteiger partial charge on any atom is -0.507 e. The van der Waals surface area contributed by atoms with E-state index in [1.165, 1.54) is 5.56 Å². The molecule has 0 aliphatic carbocycles. The average Bonchev–Trinajstić information content (AvgIpc) is 3.05. The average molecular weight is 342 g/mol. The molecule has 4 rings (SSSR count). The summed E-state index contributed by atoms with van der Waals surface area (Å²) in [5, 5.41) is 10.0. The molecule has 2 aromatic heterocycles. The molecule has 0 radical (unpaired) electrons. The summed E-state index contributed by atoms with van der Waals surface area (Å²) in [5.41, 5.74) is 9.46. The maximum Gasteiger partial charge on any atom is 0.236 e. The number of anilines is 1. The zero-order valence-corrected chi connectivity index (χ0v) is 14.1. The Balaban J connectivity index is 1.65. The maximum atomic E-state index is 10.0. The lowest BCUT2D eigenvalue weighted by molar-refractivity contribution is 0.477. The van der Waals surface area contributed by atoms with Crippen LogP contribution in [-0.4, -0.2) is 19.5 Å². The van der Waals surface area contributed by atoms with Crippen LogP contribution in [0.1, 0.15) is 11.1 Å². The van der Waals surface area contributed by atoms with Crippen molar-refractivity contribution in [1.82, 2.24) is 14.4 Å². The number of phenolic OH excluding ortho intramolecular Hbond substituents is 1. The lowest BCUT2D eigenvalue weighted by Gasteiger charge is -2.01. The van der Waals surface area contributed by atoms with E-state index >= 15 is 0 Å². The number of benzene rings is 2. The molecule has 4 aromatic rings. The summed E-state index contributed by atoms with van der Waals surface area (Å²) in [6, 6.07) is 17.3. The fourth-order valence-corrected chi connectivity index (χ4v) is 2.83. The number of phenols is 1. The Hall–Kier alpha value is -3.60. The lowest BCUT2D eigenvalue weighted by Crippen LogP contribution is -1.98. The van der Waals surface area contributed by atoms with Crippen LogP contribution in [0.2, 0.25) is 0 Å². The van der Waals surface area contributed by atoms with Crippen molar-refractivity contribution < 1.29 is 5.11 Å². The molecule has 0 amide bonds. The maximum absolute atomic E-state index is 10.0. The van der Waals surface area contributed by atoms with E-state index in [1.807, 2.05) is 53.2 Å². The van der Waals surface area contributed by atoms with Crippen LogP contribution in [0.15, 0.2) is 73.1 Å². The molecule has 0 bridgehead atoms. The van der Waals surface area contributed by atoms with E-state index in [-0.39, 0.29) is 5.75 Å². The third-order valence-corrected chi connectivity index (χ3v) is 4.18. The molecular weight excluding hydrogens is 324 g/mol. The van der Waals surface area contributed by atoms with E-state index in [1.54, 1.807) is 12.1 Å². The number of hydrogen-bond donors (Lipinski definition) is 2. The number of nitrogens with two attached hydrogens (primary N) is 1. The molecule has 2 aromatic carbocycles. The van der Waals surface area contributed by atoms with Gasteiger partial charge in [0.15, 0.2) is 0 Å². The molecule has 0 fully saturated rings. The SMILES string of the molecule is Nc1nc2nc(-c3ccccc3O)cn2cc1/C=C/Cc1ccccc1. The van der Waals surface area contributed by atoms with Crippen molar-refractivity contribution in [2.45, 2.75) is 6.42 Å². The van der Waals surface area contributed by atoms with Crippen molar-refractivity contribution in [2.24, 2.45) is 0 Å². The Morgan fingerprint density at radius 1 is 0.962 bits per heavy atom. The van der Waals surface area contributed by atoms with Crippen molar-refractivity contribution in [1.29, 1.82) is 0 Å². The van der Waals surface area contributed by atoms with E-state index in [0.29, 0.717) is 22.9 Å². The summed E-state index contributed by atoms with van der Waals surface area (Å²) >= 11 is 0. The van der Waals surface area contributed by atoms with E-state index < -0.39 is 0 Å². The topological polar surface area (TPSA) is 76.4 Å². The van der Waals surface area contributed by atoms with Crippen molar-refractivity contribution >= 4 is 17.7 Å². The highest BCUT2D eigenvalue weighted by molar-refractivity contribution is 5.69. The lowest BCUT2D eigenvalue weighted by atomic mass is 10.1. The molecule has 26 heavy (non-hydrogen) atoms. The molecule has 5 nitrogen and oxygen atoms in total. The van der Waals surface area contributed by atoms with Crippen LogP contribution < -0.4 is 5.73 Å². The normalized spacial score (nSPS) is 11.4. The standard InChI is InChI=1S/C21H18N4O/c22-20-16(10-6-9-15-7-2-1-3-8-15)13-25-14-18(23-21(25)24-20)17-11-4-5-12-19(17)26/h1-8,10-14,26H,9H2,(H2,22,23,24)/b10-6+. The molecule has 0 aliphatic rings. The van der Waals surface area contributed by atoms with Crippen LogP contribution in [0.4, 0.5) is 5.82 Å². The number of hydrogen-bond acceptors (Lipinski definition) is 4. The molecule has 0 spiro atoms. The second kappa shape index (κ2) is 6.72. The summed E-state index contributed by atoms with van der Waals surface area (Å²) in [5.74, 6) is 1.11. The van der Waals surface area contributed by atoms with E-state index in [0.717, 1.165) is 12.0 Å². The fraction of sp³-hybridized carbons (Fsp3) is 0.0476. The van der Waals surface area contributed by atoms with Gasteiger partial charge in [0.2, 0.25) is 5.78 Å². The number of imidazole rings is 1. The number of nitrogens with zero attached hydrogens (tertiary/aromatic N) is 3. The Morgan fingerprint density at radius 3 is 2.54 bits per heavy atom. The highest BCUT2D eigenvalue weighted by Gasteiger charge is 2.10. The zero-order valence-electron chi connectivity index (χ0n) is 14.1. The Morgan fingerprint density at radius 2 is 1.73 bits per heavy atom. The van der Waals surface area contributed by atoms with Crippen LogP contribution in [0, 0.1) is 0 Å². The van der Waals surface area contributed by atoms with Crippen molar-refractivity contribution in [3.63, 3.8) is 0 Å². The van der Waals surface area contributed by atoms with Gasteiger partial charge in [0, 0.05) is 23.5 Å². The van der Waals surface area contributed by atoms with Gasteiger partial charge in [0.1, 0.15) is 11.6 Å². The summed E-state index contributed by atoms with van der Waals surface area (Å²) in [7, 11) is 0. The third kappa shape index (κ3) is 3.15. The number of aromatic nitrogens is 3. The van der Waals surface area contributed by atoms with Crippen molar-refractivity contribution in [2.75, 3.05) is 5.73 Å². The molecule has 2 heterocycles. The molecule has 0 unspecified atom stereocenters. The molecule has 3 N–H and O–H groups in total. The molecule has 0 atom stereocenters. The van der Waals surface area contributed by atoms with Crippen LogP contribution >= 0.6 is 0 Å². The van der Waals surface area contributed by atoms with Gasteiger partial charge >= 0.3 is 0 Å². The largest absolute Gasteiger partial charge is 0.507 e. The van der Waals surface area contributed by atoms with Gasteiger partial charge in [-0.2, -0.15) is 4.98 Å². The van der Waals surface area contributed by atoms with Gasteiger partial charge in [-0.25, -0.2) is 4.98 Å². The summed E-state index contributed by atoms with van der Waals surface area (Å²) in [6.07, 6.45) is 8.59. The summed E-state index contributed by atoms with van der Waals surface area (Å²) < 4.78 is 1.82. The monoisotopic (exact) mass is 342 g/mol. The quantitative estimate of drug-likeness (QED) is 0.589. The Labute approximate surface area is 151 Å². The van der Waals surface area contributed by atoms with E-state index in [9.17, 15) is 5.11 Å². The summed E-state index contributed by atoms with van der Waals surface area (Å²) in [4.78, 5) is 8.84. The van der Waals surface area contributed by atoms with Crippen LogP contribution in [-0.2, 0) is 6.42 Å². The van der Waals surface area contributed by atoms with Gasteiger partial charge in [-0.15, -0.1) is 0 Å². The van der Waals surface area contributed by atoms with Gasteiger partial charge in [-0.1, -0.05) is 54.6 Å². The summed E-state index contributed by atoms with van der Waals surface area (Å²) in [6.45, 7) is 0. The number of fused-ring (bicyclic) bond motifs is 1. The van der Waals surface area contributed by atoms with Crippen LogP contribution in [0.3, 0.4) is 0 Å². The highest BCUT2D eigenvalue weighted by Crippen LogP contribution is 2.28. The predicted octanol–water partition coefficient (Wildman–Crippen LogP) is 3.94. The molecule has 128 valence electrons. The smallest absolute Gasteiger partial charge is 0.236 e. The van der Waals surface area contributed by atoms with Crippen molar-refractivity contribution in [3.05, 3.63) is 84.2 Å². The first-order valence-electron chi connectivity index (χ1n) is 8.35. The molecule has 0 saturated heterocycles. The number of aromatic hydroxyl groups is 1. The number of para-hydroxylation sites is 1. The van der Waals surface area contributed by atoms with Crippen LogP contribution in [0.5, 0.6) is 5.75 Å². The molecular formula is C21H18N4O. The Bertz CT molecular complexity index is 1080. The predicted molar refractivity (Wildman–Crippen MR) is 104 cm³/mol. The van der Waals surface area contributed by atoms with Gasteiger partial charge in [0.25, 0.3) is 0 Å². The first-order valence-corrected chi connectivity index (χ1v) is 8.35. The second-order valence-corrected chi connectivity index (χ2v) is 6.02. The first-order chi connectivity index (χ1) is 12.7. The van der Waals surface area contributed by atoms with Gasteiger partial charge in [-0.05, 0) is 24.1 Å². The minimum absolute atomic E-state index is 0.187. The molecule has 5 heteroatoms. The number of allylic oxidation sites excluding steroid dienone is 1. The van der Waals surface area contributed by atoms with Crippen LogP contribution in [0.25, 0.3) is 23.1 Å². The number of nitrogen functional groups attached to an aromatic ring is 1. The fourth-order valence-electron chi connectivity index (χ4n) is 2.83. The highest BCUT2D eigenvalue weighted by atomic mass is 16.3. The van der Waals surface area contributed by atoms with Gasteiger partial charge in [-0.3, -0.25) is 4.40 Å². The third-order valence-electron chi connectivity index (χ3n) is 4.18. The van der Waals surface area contributed by atoms with E-state index in [4.69, 9.17) is 5.73 Å². The van der Waals surface area contributed by atoms with Gasteiger partial charge in [0.05, 0.1) is 5.69 Å². The molecule has 0 aliphatic heterocycles. The van der Waals surface area contributed by atoms with Gasteiger partial charge < -0.3 is 10.8 Å². The Kier molecular flexibility index (Phi) is 4.11. The minimum atomic E-state index is 0.187. The van der Waals surface area contributed by atoms with Crippen molar-refractivity contribution in [3.8, 4) is 17.0 Å². The first kappa shape index (κ1) is 15.9. The van der Waals surface area contributed by atoms with E-state index in [2.05, 4.69) is 28.2 Å². The zero-order chi connectivity index (χ0) is 17.9. The molecule has 0 saturated carbocycles. The second-order valence-electron chi connectivity index (χ2n) is 6.02. The number of rotatable bonds is 4.